The summed E-state index contributed by atoms with van der Waals surface area (Å²) in [4.78, 5) is 0. The zero-order chi connectivity index (χ0) is 27.7. The van der Waals surface area contributed by atoms with Gasteiger partial charge in [0, 0.05) is 0 Å². The molecule has 0 fully saturated rings. The second-order valence-electron chi connectivity index (χ2n) is 10.6. The number of quaternary nitrogens is 1. The molecule has 0 N–H and O–H groups in total. The molecule has 1 nitrogen and oxygen atoms in total. The first-order valence-corrected chi connectivity index (χ1v) is 14.0. The normalized spacial score (nSPS) is 11.2. The molecule has 0 amide bonds. The van der Waals surface area contributed by atoms with Crippen LogP contribution in [0.2, 0.25) is 0 Å². The van der Waals surface area contributed by atoms with E-state index >= 15 is 0 Å². The standard InChI is InChI=1S/C24H20B.C14H16N/c1-5-13-21(14-6-1)25(22-15-7-2-8-16-22,23-17-9-3-10-18-23)24-19-11-4-12-20-24;1-15(2,13-9-5-3-6-10-13)14-11-7-4-8-12-14/h1-20H;3-12H,1-2H3/q-1;+1. The highest BCUT2D eigenvalue weighted by molar-refractivity contribution is 7.19. The Morgan fingerprint density at radius 2 is 0.500 bits per heavy atom. The summed E-state index contributed by atoms with van der Waals surface area (Å²) in [6, 6.07) is 64.6. The first kappa shape index (κ1) is 26.9. The Kier molecular flexibility index (Phi) is 8.39. The lowest BCUT2D eigenvalue weighted by Crippen LogP contribution is -2.74. The first-order valence-electron chi connectivity index (χ1n) is 14.0. The Morgan fingerprint density at radius 3 is 0.725 bits per heavy atom. The zero-order valence-corrected chi connectivity index (χ0v) is 23.3. The van der Waals surface area contributed by atoms with Crippen LogP contribution in [0.15, 0.2) is 182 Å². The molecule has 196 valence electrons. The molecule has 0 aliphatic rings. The summed E-state index contributed by atoms with van der Waals surface area (Å²) < 4.78 is 0.779. The van der Waals surface area contributed by atoms with E-state index in [1.54, 1.807) is 0 Å². The van der Waals surface area contributed by atoms with Gasteiger partial charge >= 0.3 is 0 Å². The number of nitrogens with zero attached hydrogens (tertiary/aromatic N) is 1. The van der Waals surface area contributed by atoms with E-state index in [2.05, 4.69) is 196 Å². The molecule has 0 spiro atoms. The van der Waals surface area contributed by atoms with Crippen molar-refractivity contribution in [3.63, 3.8) is 0 Å². The van der Waals surface area contributed by atoms with Crippen LogP contribution in [-0.2, 0) is 0 Å². The molecule has 6 aromatic carbocycles. The molecule has 0 atom stereocenters. The minimum Gasteiger partial charge on any atom is -0.264 e. The number of hydrogen-bond acceptors (Lipinski definition) is 0. The molecule has 0 aliphatic heterocycles. The summed E-state index contributed by atoms with van der Waals surface area (Å²) in [6.07, 6.45) is -1.22. The van der Waals surface area contributed by atoms with E-state index in [-0.39, 0.29) is 0 Å². The molecular weight excluding hydrogens is 481 g/mol. The van der Waals surface area contributed by atoms with E-state index in [4.69, 9.17) is 0 Å². The summed E-state index contributed by atoms with van der Waals surface area (Å²) in [7, 11) is 4.40. The maximum absolute atomic E-state index is 2.26. The fourth-order valence-electron chi connectivity index (χ4n) is 5.87. The fourth-order valence-corrected chi connectivity index (χ4v) is 5.87. The zero-order valence-electron chi connectivity index (χ0n) is 23.3. The smallest absolute Gasteiger partial charge is 0.137 e. The third kappa shape index (κ3) is 5.54. The molecule has 6 rings (SSSR count). The van der Waals surface area contributed by atoms with Gasteiger partial charge in [-0.1, -0.05) is 158 Å². The summed E-state index contributed by atoms with van der Waals surface area (Å²) in [5.41, 5.74) is 7.95. The Hall–Kier alpha value is -4.66. The fraction of sp³-hybridized carbons (Fsp3) is 0.0526. The number of benzene rings is 6. The van der Waals surface area contributed by atoms with Crippen LogP contribution >= 0.6 is 0 Å². The van der Waals surface area contributed by atoms with Gasteiger partial charge in [-0.25, -0.2) is 0 Å². The third-order valence-corrected chi connectivity index (χ3v) is 8.00. The average molecular weight is 518 g/mol. The summed E-state index contributed by atoms with van der Waals surface area (Å²) >= 11 is 0. The highest BCUT2D eigenvalue weighted by atomic mass is 15.3. The molecule has 0 radical (unpaired) electrons. The van der Waals surface area contributed by atoms with Gasteiger partial charge in [0.15, 0.2) is 0 Å². The predicted molar refractivity (Wildman–Crippen MR) is 176 cm³/mol. The van der Waals surface area contributed by atoms with Crippen molar-refractivity contribution in [2.75, 3.05) is 14.1 Å². The summed E-state index contributed by atoms with van der Waals surface area (Å²) in [5.74, 6) is 0. The maximum atomic E-state index is 2.26. The highest BCUT2D eigenvalue weighted by Gasteiger charge is 2.31. The molecule has 40 heavy (non-hydrogen) atoms. The highest BCUT2D eigenvalue weighted by Crippen LogP contribution is 2.29. The van der Waals surface area contributed by atoms with Crippen molar-refractivity contribution in [1.82, 2.24) is 4.48 Å². The van der Waals surface area contributed by atoms with Gasteiger partial charge in [0.25, 0.3) is 0 Å². The van der Waals surface area contributed by atoms with Crippen LogP contribution in [-0.4, -0.2) is 20.2 Å². The van der Waals surface area contributed by atoms with Crippen molar-refractivity contribution in [3.05, 3.63) is 182 Å². The molecule has 0 heterocycles. The molecule has 2 heteroatoms. The van der Waals surface area contributed by atoms with E-state index in [0.29, 0.717) is 0 Å². The van der Waals surface area contributed by atoms with Crippen molar-refractivity contribution in [2.45, 2.75) is 0 Å². The molecule has 0 bridgehead atoms. The van der Waals surface area contributed by atoms with E-state index < -0.39 is 6.15 Å². The Morgan fingerprint density at radius 1 is 0.300 bits per heavy atom. The Labute approximate surface area is 239 Å². The SMILES string of the molecule is C[N+](C)(c1ccccc1)c1ccccc1.c1ccc([B-](c2ccccc2)(c2ccccc2)c2ccccc2)cc1. The lowest BCUT2D eigenvalue weighted by Gasteiger charge is -2.44. The number of hydrogen-bond donors (Lipinski definition) is 0. The van der Waals surface area contributed by atoms with Crippen LogP contribution in [0.4, 0.5) is 11.4 Å². The van der Waals surface area contributed by atoms with Crippen molar-refractivity contribution in [3.8, 4) is 0 Å². The van der Waals surface area contributed by atoms with Crippen molar-refractivity contribution in [1.29, 1.82) is 0 Å². The third-order valence-electron chi connectivity index (χ3n) is 8.00. The molecule has 0 aromatic heterocycles. The van der Waals surface area contributed by atoms with E-state index in [0.717, 1.165) is 4.48 Å². The molecule has 0 aliphatic carbocycles. The van der Waals surface area contributed by atoms with Gasteiger partial charge < -0.3 is 0 Å². The molecule has 0 saturated heterocycles. The number of rotatable bonds is 6. The predicted octanol–water partition coefficient (Wildman–Crippen LogP) is 6.65. The summed E-state index contributed by atoms with van der Waals surface area (Å²) in [5, 5.41) is 0. The van der Waals surface area contributed by atoms with Crippen molar-refractivity contribution in [2.24, 2.45) is 0 Å². The minimum absolute atomic E-state index is 0.779. The monoisotopic (exact) mass is 517 g/mol. The van der Waals surface area contributed by atoms with Gasteiger partial charge in [-0.2, -0.15) is 21.9 Å². The van der Waals surface area contributed by atoms with Crippen LogP contribution in [0, 0.1) is 0 Å². The van der Waals surface area contributed by atoms with E-state index in [1.807, 2.05) is 0 Å². The van der Waals surface area contributed by atoms with E-state index in [9.17, 15) is 0 Å². The number of para-hydroxylation sites is 2. The summed E-state index contributed by atoms with van der Waals surface area (Å²) in [6.45, 7) is 0. The van der Waals surface area contributed by atoms with Crippen LogP contribution < -0.4 is 26.3 Å². The topological polar surface area (TPSA) is 0 Å². The van der Waals surface area contributed by atoms with Crippen molar-refractivity contribution >= 4 is 39.4 Å². The van der Waals surface area contributed by atoms with Crippen LogP contribution in [0.5, 0.6) is 0 Å². The van der Waals surface area contributed by atoms with Gasteiger partial charge in [-0.3, -0.25) is 4.48 Å². The second kappa shape index (κ2) is 12.5. The van der Waals surface area contributed by atoms with Gasteiger partial charge in [-0.15, -0.1) is 0 Å². The van der Waals surface area contributed by atoms with E-state index in [1.165, 1.54) is 33.2 Å². The van der Waals surface area contributed by atoms with Gasteiger partial charge in [0.05, 0.1) is 14.1 Å². The van der Waals surface area contributed by atoms with Gasteiger partial charge in [0.2, 0.25) is 0 Å². The lowest BCUT2D eigenvalue weighted by atomic mass is 9.13. The molecule has 0 unspecified atom stereocenters. The van der Waals surface area contributed by atoms with Crippen molar-refractivity contribution < 1.29 is 0 Å². The van der Waals surface area contributed by atoms with Gasteiger partial charge in [-0.05, 0) is 24.3 Å². The Bertz CT molecular complexity index is 1360. The molecule has 0 saturated carbocycles. The first-order chi connectivity index (χ1) is 19.6. The average Bonchev–Trinajstić information content (AvgIpc) is 3.05. The van der Waals surface area contributed by atoms with Crippen LogP contribution in [0.3, 0.4) is 0 Å². The largest absolute Gasteiger partial charge is 0.264 e. The minimum atomic E-state index is -1.22. The molecular formula is C38H36BN. The lowest BCUT2D eigenvalue weighted by molar-refractivity contribution is 0.555. The Balaban J connectivity index is 0.000000184. The quantitative estimate of drug-likeness (QED) is 0.171. The maximum Gasteiger partial charge on any atom is 0.137 e. The van der Waals surface area contributed by atoms with Gasteiger partial charge in [0.1, 0.15) is 17.5 Å². The van der Waals surface area contributed by atoms with Crippen LogP contribution in [0.25, 0.3) is 0 Å². The second-order valence-corrected chi connectivity index (χ2v) is 10.6. The van der Waals surface area contributed by atoms with Crippen LogP contribution in [0.1, 0.15) is 0 Å². The molecule has 6 aromatic rings.